The molecule has 0 spiro atoms. The van der Waals surface area contributed by atoms with E-state index in [4.69, 9.17) is 47.4 Å². The Balaban J connectivity index is 0.883. The van der Waals surface area contributed by atoms with Gasteiger partial charge < -0.3 is 144 Å². The van der Waals surface area contributed by atoms with Gasteiger partial charge in [-0.3, -0.25) is 0 Å². The van der Waals surface area contributed by atoms with Gasteiger partial charge in [-0.15, -0.1) is 0 Å². The van der Waals surface area contributed by atoms with Gasteiger partial charge in [0.15, 0.2) is 31.5 Å². The zero-order valence-electron chi connectivity index (χ0n) is 51.8. The first-order chi connectivity index (χ1) is 41.6. The van der Waals surface area contributed by atoms with Crippen molar-refractivity contribution in [2.75, 3.05) is 33.0 Å². The zero-order valence-corrected chi connectivity index (χ0v) is 51.8. The summed E-state index contributed by atoms with van der Waals surface area (Å²) in [7, 11) is 0. The minimum Gasteiger partial charge on any atom is -0.394 e. The molecule has 19 N–H and O–H groups in total. The van der Waals surface area contributed by atoms with Gasteiger partial charge in [0, 0.05) is 10.8 Å². The Kier molecular flexibility index (Phi) is 22.3. The average molecular weight is 1290 g/mol. The van der Waals surface area contributed by atoms with Gasteiger partial charge in [-0.1, -0.05) is 53.2 Å². The van der Waals surface area contributed by atoms with Crippen LogP contribution in [-0.4, -0.2) is 308 Å². The van der Waals surface area contributed by atoms with E-state index in [1.165, 1.54) is 13.8 Å². The van der Waals surface area contributed by atoms with E-state index in [2.05, 4.69) is 33.8 Å². The maximum absolute atomic E-state index is 12.8. The monoisotopic (exact) mass is 1290 g/mol. The number of rotatable bonds is 20. The molecule has 89 heavy (non-hydrogen) atoms. The van der Waals surface area contributed by atoms with Gasteiger partial charge in [0.25, 0.3) is 0 Å². The number of hydrogen-bond acceptors (Lipinski definition) is 29. The smallest absolute Gasteiger partial charge is 0.187 e. The minimum absolute atomic E-state index is 0.0310. The molecule has 5 aliphatic heterocycles. The van der Waals surface area contributed by atoms with Gasteiger partial charge in [-0.05, 0) is 99.7 Å². The fourth-order valence-electron chi connectivity index (χ4n) is 17.0. The number of aliphatic hydroxyl groups is 19. The molecule has 16 unspecified atom stereocenters. The summed E-state index contributed by atoms with van der Waals surface area (Å²) >= 11 is 0. The van der Waals surface area contributed by atoms with E-state index in [-0.39, 0.29) is 35.5 Å². The maximum atomic E-state index is 12.8. The summed E-state index contributed by atoms with van der Waals surface area (Å²) in [6.45, 7) is 12.6. The molecule has 3 saturated carbocycles. The molecule has 29 nitrogen and oxygen atoms in total. The van der Waals surface area contributed by atoms with Gasteiger partial charge in [-0.2, -0.15) is 0 Å². The predicted molar refractivity (Wildman–Crippen MR) is 300 cm³/mol. The maximum Gasteiger partial charge on any atom is 0.187 e. The molecule has 0 aromatic rings. The zero-order chi connectivity index (χ0) is 65.5. The molecule has 29 heteroatoms. The molecular weight excluding hydrogens is 1180 g/mol. The van der Waals surface area contributed by atoms with Gasteiger partial charge in [0.2, 0.25) is 0 Å². The summed E-state index contributed by atoms with van der Waals surface area (Å²) < 4.78 is 59.3. The predicted octanol–water partition coefficient (Wildman–Crippen LogP) is -5.41. The molecule has 5 heterocycles. The largest absolute Gasteiger partial charge is 0.394 e. The minimum atomic E-state index is -1.96. The Morgan fingerprint density at radius 1 is 0.517 bits per heavy atom. The van der Waals surface area contributed by atoms with Crippen molar-refractivity contribution >= 4 is 0 Å². The third-order valence-corrected chi connectivity index (χ3v) is 22.9. The van der Waals surface area contributed by atoms with Crippen LogP contribution in [0.4, 0.5) is 0 Å². The van der Waals surface area contributed by atoms with Crippen LogP contribution in [0.3, 0.4) is 0 Å². The summed E-state index contributed by atoms with van der Waals surface area (Å²) in [5.74, 6) is -0.0172. The third-order valence-electron chi connectivity index (χ3n) is 22.9. The first-order valence-electron chi connectivity index (χ1n) is 31.6. The highest BCUT2D eigenvalue weighted by molar-refractivity contribution is 5.32. The molecule has 35 atom stereocenters. The van der Waals surface area contributed by atoms with E-state index in [0.29, 0.717) is 32.1 Å². The molecular formula is C60H102O29. The van der Waals surface area contributed by atoms with Crippen LogP contribution in [0.15, 0.2) is 11.6 Å². The van der Waals surface area contributed by atoms with Crippen molar-refractivity contribution in [1.82, 2.24) is 0 Å². The first-order valence-corrected chi connectivity index (χ1v) is 31.6. The van der Waals surface area contributed by atoms with Crippen LogP contribution in [0.25, 0.3) is 0 Å². The van der Waals surface area contributed by atoms with E-state index in [9.17, 15) is 97.0 Å². The Bertz CT molecular complexity index is 2340. The third kappa shape index (κ3) is 13.1. The lowest BCUT2D eigenvalue weighted by atomic mass is 9.38. The molecule has 9 aliphatic rings. The van der Waals surface area contributed by atoms with Crippen molar-refractivity contribution in [3.05, 3.63) is 11.6 Å². The molecule has 0 amide bonds. The van der Waals surface area contributed by atoms with Crippen LogP contribution in [0.2, 0.25) is 0 Å². The van der Waals surface area contributed by atoms with Crippen LogP contribution < -0.4 is 0 Å². The molecule has 0 bridgehead atoms. The number of ether oxygens (including phenoxy) is 10. The molecule has 4 aliphatic carbocycles. The lowest BCUT2D eigenvalue weighted by Crippen LogP contribution is -2.65. The molecule has 0 aromatic heterocycles. The van der Waals surface area contributed by atoms with Crippen LogP contribution in [0, 0.1) is 45.3 Å². The normalized spacial score (nSPS) is 51.8. The Labute approximate surface area is 517 Å². The highest BCUT2D eigenvalue weighted by Gasteiger charge is 2.70. The van der Waals surface area contributed by atoms with Gasteiger partial charge in [-0.25, -0.2) is 0 Å². The standard InChI is InChI=1S/C60H102O29/c1-23(9-13-35(57(4,5)79)88-55-50(89-54-49(78)43(72)38(67)29(20-63)84-54)45(74)40(69)31(86-55)22-81-52-47(76)42(71)37(66)28(19-62)83-52)24-15-16-58(6)32-12-10-25-26(60(32,8)33(64)17-59(24,58)7)11-14-34(56(25,2)3)87-53-48(77)44(73)39(68)30(85-53)21-80-51-46(75)41(70)36(65)27(18-61)82-51/h10,23-24,26-55,61-79H,9,11-22H2,1-8H3/t23?,24-,26?,27?,28?,29?,30?,31?,32?,33+,34?,35?,36+,37-,38-,39+,40-,41+,42?,43?,44+,45?,46?,47+,48?,49+,50+,51+,52-,53-,54+,55+,58-,59?,60+/m0/s1. The van der Waals surface area contributed by atoms with Crippen LogP contribution in [0.1, 0.15) is 107 Å². The second kappa shape index (κ2) is 27.6. The molecule has 9 rings (SSSR count). The molecule has 5 saturated heterocycles. The van der Waals surface area contributed by atoms with E-state index >= 15 is 0 Å². The highest BCUT2D eigenvalue weighted by atomic mass is 16.8. The Morgan fingerprint density at radius 2 is 0.955 bits per heavy atom. The fraction of sp³-hybridized carbons (Fsp3) is 0.967. The average Bonchev–Trinajstić information content (AvgIpc) is 1.66. The fourth-order valence-corrected chi connectivity index (χ4v) is 17.0. The van der Waals surface area contributed by atoms with E-state index in [1.54, 1.807) is 0 Å². The van der Waals surface area contributed by atoms with Crippen LogP contribution in [-0.2, 0) is 47.4 Å². The SMILES string of the molecule is CC(CCC(O[C@H]1OC(CO[C@H]2OC(CO)[C@H](O)C(O)[C@H]2O)[C@H](O)C(O)[C@H]1O[C@H]1OC(CO)[C@H](O)C(O)[C@H]1O)C(C)(C)O)[C@@H]1CC[C@@]2(C)C3CC=C4C(CCC(O[C@@H]5OC(CO[C@@H]6OC(CO)[C@@H](O)[C@@H](O)C6O)[C@@H](O)[C@@H](O)C5O)C4(C)C)[C@@]3(C)[C@H](O)CC12C. The molecule has 0 aromatic carbocycles. The number of allylic oxidation sites excluding steroid dienone is 1. The van der Waals surface area contributed by atoms with Crippen LogP contribution >= 0.6 is 0 Å². The molecule has 0 radical (unpaired) electrons. The summed E-state index contributed by atoms with van der Waals surface area (Å²) in [5.41, 5.74) is -2.49. The van der Waals surface area contributed by atoms with Crippen molar-refractivity contribution in [2.45, 2.75) is 284 Å². The van der Waals surface area contributed by atoms with Crippen molar-refractivity contribution in [3.8, 4) is 0 Å². The first kappa shape index (κ1) is 71.9. The summed E-state index contributed by atoms with van der Waals surface area (Å²) in [6, 6.07) is 0. The van der Waals surface area contributed by atoms with Crippen molar-refractivity contribution in [2.24, 2.45) is 45.3 Å². The van der Waals surface area contributed by atoms with E-state index in [0.717, 1.165) is 18.4 Å². The number of aliphatic hydroxyl groups excluding tert-OH is 18. The number of fused-ring (bicyclic) bond motifs is 5. The van der Waals surface area contributed by atoms with E-state index < -0.39 is 227 Å². The summed E-state index contributed by atoms with van der Waals surface area (Å²) in [5, 5.41) is 205. The topological polar surface area (TPSA) is 477 Å². The Hall–Kier alpha value is -1.42. The van der Waals surface area contributed by atoms with Gasteiger partial charge in [0.05, 0.1) is 56.9 Å². The van der Waals surface area contributed by atoms with Crippen molar-refractivity contribution in [1.29, 1.82) is 0 Å². The van der Waals surface area contributed by atoms with Gasteiger partial charge >= 0.3 is 0 Å². The van der Waals surface area contributed by atoms with E-state index in [1.807, 2.05) is 13.8 Å². The van der Waals surface area contributed by atoms with Gasteiger partial charge in [0.1, 0.15) is 122 Å². The van der Waals surface area contributed by atoms with Crippen molar-refractivity contribution in [3.63, 3.8) is 0 Å². The lowest BCUT2D eigenvalue weighted by molar-refractivity contribution is -0.380. The second-order valence-corrected chi connectivity index (χ2v) is 28.7. The quantitative estimate of drug-likeness (QED) is 0.0506. The number of hydrogen-bond donors (Lipinski definition) is 19. The molecule has 516 valence electrons. The highest BCUT2D eigenvalue weighted by Crippen LogP contribution is 2.75. The summed E-state index contributed by atoms with van der Waals surface area (Å²) in [4.78, 5) is 0. The second-order valence-electron chi connectivity index (χ2n) is 28.7. The lowest BCUT2D eigenvalue weighted by Gasteiger charge is -2.67. The van der Waals surface area contributed by atoms with Crippen molar-refractivity contribution < 1.29 is 144 Å². The van der Waals surface area contributed by atoms with Crippen LogP contribution in [0.5, 0.6) is 0 Å². The Morgan fingerprint density at radius 3 is 1.45 bits per heavy atom. The summed E-state index contributed by atoms with van der Waals surface area (Å²) in [6.07, 6.45) is -37.4. The molecule has 8 fully saturated rings.